The molecule has 1 aromatic heterocycles. The molecule has 2 heterocycles. The number of nitrogens with one attached hydrogen (secondary N) is 1. The molecular weight excluding hydrogens is 306 g/mol. The van der Waals surface area contributed by atoms with Gasteiger partial charge in [0.25, 0.3) is 0 Å². The number of aryl methyl sites for hydroxylation is 1. The maximum absolute atomic E-state index is 12.1. The molecule has 5 heteroatoms. The second-order valence-electron chi connectivity index (χ2n) is 6.12. The predicted molar refractivity (Wildman–Crippen MR) is 96.8 cm³/mol. The van der Waals surface area contributed by atoms with Crippen molar-refractivity contribution in [1.82, 2.24) is 4.90 Å². The van der Waals surface area contributed by atoms with Gasteiger partial charge in [0.05, 0.1) is 0 Å². The van der Waals surface area contributed by atoms with Gasteiger partial charge < -0.3 is 11.1 Å². The van der Waals surface area contributed by atoms with Crippen molar-refractivity contribution in [3.05, 3.63) is 45.6 Å². The van der Waals surface area contributed by atoms with E-state index in [9.17, 15) is 4.79 Å². The Bertz CT molecular complexity index is 695. The fourth-order valence-electron chi connectivity index (χ4n) is 3.00. The second-order valence-corrected chi connectivity index (χ2v) is 7.12. The standard InChI is InChI=1S/C18H23N3OS/c1-13-11-15(19)4-5-16(13)20-18(22)3-2-8-21-9-6-17-14(12-21)7-10-23-17/h4-5,7,10-11H,2-3,6,8-9,12,19H2,1H3,(H,20,22). The summed E-state index contributed by atoms with van der Waals surface area (Å²) in [7, 11) is 0. The van der Waals surface area contributed by atoms with Crippen LogP contribution in [0.2, 0.25) is 0 Å². The zero-order valence-electron chi connectivity index (χ0n) is 13.5. The molecule has 1 amide bonds. The minimum atomic E-state index is 0.0751. The number of carbonyl (C=O) groups excluding carboxylic acids is 1. The van der Waals surface area contributed by atoms with E-state index in [0.29, 0.717) is 6.42 Å². The summed E-state index contributed by atoms with van der Waals surface area (Å²) in [5, 5.41) is 5.15. The molecule has 0 saturated carbocycles. The first-order chi connectivity index (χ1) is 11.1. The summed E-state index contributed by atoms with van der Waals surface area (Å²) >= 11 is 1.86. The normalized spacial score (nSPS) is 14.5. The van der Waals surface area contributed by atoms with Crippen LogP contribution in [0, 0.1) is 6.92 Å². The maximum atomic E-state index is 12.1. The Morgan fingerprint density at radius 3 is 3.09 bits per heavy atom. The fourth-order valence-corrected chi connectivity index (χ4v) is 3.89. The van der Waals surface area contributed by atoms with Crippen LogP contribution in [0.5, 0.6) is 0 Å². The van der Waals surface area contributed by atoms with Crippen LogP contribution < -0.4 is 11.1 Å². The molecule has 0 aliphatic carbocycles. The van der Waals surface area contributed by atoms with E-state index in [1.807, 2.05) is 36.5 Å². The van der Waals surface area contributed by atoms with Crippen molar-refractivity contribution >= 4 is 28.6 Å². The van der Waals surface area contributed by atoms with Crippen LogP contribution in [0.1, 0.15) is 28.8 Å². The molecule has 2 aromatic rings. The number of hydrogen-bond donors (Lipinski definition) is 2. The minimum Gasteiger partial charge on any atom is -0.399 e. The van der Waals surface area contributed by atoms with Crippen LogP contribution in [-0.4, -0.2) is 23.9 Å². The molecule has 122 valence electrons. The Labute approximate surface area is 141 Å². The van der Waals surface area contributed by atoms with Gasteiger partial charge in [0.15, 0.2) is 0 Å². The highest BCUT2D eigenvalue weighted by Crippen LogP contribution is 2.24. The lowest BCUT2D eigenvalue weighted by Gasteiger charge is -2.26. The van der Waals surface area contributed by atoms with Gasteiger partial charge in [-0.1, -0.05) is 0 Å². The zero-order valence-corrected chi connectivity index (χ0v) is 14.3. The lowest BCUT2D eigenvalue weighted by Crippen LogP contribution is -2.31. The summed E-state index contributed by atoms with van der Waals surface area (Å²) in [6.07, 6.45) is 2.58. The van der Waals surface area contributed by atoms with Gasteiger partial charge in [-0.3, -0.25) is 9.69 Å². The quantitative estimate of drug-likeness (QED) is 0.827. The van der Waals surface area contributed by atoms with Crippen molar-refractivity contribution in [2.75, 3.05) is 24.1 Å². The first-order valence-corrected chi connectivity index (χ1v) is 8.93. The Morgan fingerprint density at radius 2 is 2.26 bits per heavy atom. The summed E-state index contributed by atoms with van der Waals surface area (Å²) in [4.78, 5) is 16.1. The summed E-state index contributed by atoms with van der Waals surface area (Å²) < 4.78 is 0. The van der Waals surface area contributed by atoms with Gasteiger partial charge in [0.1, 0.15) is 0 Å². The summed E-state index contributed by atoms with van der Waals surface area (Å²) in [6.45, 7) is 5.06. The third-order valence-corrected chi connectivity index (χ3v) is 5.31. The Balaban J connectivity index is 1.43. The SMILES string of the molecule is Cc1cc(N)ccc1NC(=O)CCCN1CCc2sccc2C1. The van der Waals surface area contributed by atoms with Gasteiger partial charge in [0, 0.05) is 35.8 Å². The topological polar surface area (TPSA) is 58.4 Å². The predicted octanol–water partition coefficient (Wildman–Crippen LogP) is 3.42. The maximum Gasteiger partial charge on any atom is 0.224 e. The van der Waals surface area contributed by atoms with E-state index >= 15 is 0 Å². The van der Waals surface area contributed by atoms with Crippen molar-refractivity contribution < 1.29 is 4.79 Å². The molecule has 0 atom stereocenters. The Kier molecular flexibility index (Phi) is 4.98. The van der Waals surface area contributed by atoms with Crippen molar-refractivity contribution in [2.45, 2.75) is 32.7 Å². The van der Waals surface area contributed by atoms with E-state index < -0.39 is 0 Å². The third kappa shape index (κ3) is 4.12. The molecule has 0 spiro atoms. The molecule has 0 fully saturated rings. The number of anilines is 2. The third-order valence-electron chi connectivity index (χ3n) is 4.29. The smallest absolute Gasteiger partial charge is 0.224 e. The number of nitrogen functional groups attached to an aromatic ring is 1. The summed E-state index contributed by atoms with van der Waals surface area (Å²) in [5.74, 6) is 0.0751. The molecule has 1 aliphatic rings. The van der Waals surface area contributed by atoms with E-state index in [1.54, 1.807) is 0 Å². The molecule has 3 N–H and O–H groups in total. The van der Waals surface area contributed by atoms with Crippen molar-refractivity contribution in [2.24, 2.45) is 0 Å². The van der Waals surface area contributed by atoms with Gasteiger partial charge >= 0.3 is 0 Å². The number of rotatable bonds is 5. The van der Waals surface area contributed by atoms with Gasteiger partial charge in [-0.25, -0.2) is 0 Å². The molecule has 1 aliphatic heterocycles. The first kappa shape index (κ1) is 16.0. The molecule has 0 radical (unpaired) electrons. The number of nitrogens with two attached hydrogens (primary N) is 1. The zero-order chi connectivity index (χ0) is 16.2. The Hall–Kier alpha value is -1.85. The molecule has 0 bridgehead atoms. The average molecular weight is 329 g/mol. The monoisotopic (exact) mass is 329 g/mol. The fraction of sp³-hybridized carbons (Fsp3) is 0.389. The number of nitrogens with zero attached hydrogens (tertiary/aromatic N) is 1. The lowest BCUT2D eigenvalue weighted by atomic mass is 10.1. The van der Waals surface area contributed by atoms with Gasteiger partial charge in [0.2, 0.25) is 5.91 Å². The number of carbonyl (C=O) groups is 1. The number of thiophene rings is 1. The highest BCUT2D eigenvalue weighted by atomic mass is 32.1. The van der Waals surface area contributed by atoms with Gasteiger partial charge in [-0.15, -0.1) is 11.3 Å². The van der Waals surface area contributed by atoms with Gasteiger partial charge in [-0.2, -0.15) is 0 Å². The minimum absolute atomic E-state index is 0.0751. The van der Waals surface area contributed by atoms with Crippen LogP contribution in [0.25, 0.3) is 0 Å². The van der Waals surface area contributed by atoms with E-state index in [0.717, 1.165) is 49.4 Å². The van der Waals surface area contributed by atoms with Crippen LogP contribution in [0.4, 0.5) is 11.4 Å². The highest BCUT2D eigenvalue weighted by molar-refractivity contribution is 7.10. The second kappa shape index (κ2) is 7.15. The van der Waals surface area contributed by atoms with E-state index in [-0.39, 0.29) is 5.91 Å². The van der Waals surface area contributed by atoms with Crippen molar-refractivity contribution in [3.63, 3.8) is 0 Å². The number of fused-ring (bicyclic) bond motifs is 1. The molecule has 3 rings (SSSR count). The molecule has 1 aromatic carbocycles. The highest BCUT2D eigenvalue weighted by Gasteiger charge is 2.16. The molecule has 0 unspecified atom stereocenters. The van der Waals surface area contributed by atoms with E-state index in [1.165, 1.54) is 10.4 Å². The van der Waals surface area contributed by atoms with Crippen molar-refractivity contribution in [3.8, 4) is 0 Å². The largest absolute Gasteiger partial charge is 0.399 e. The average Bonchev–Trinajstić information content (AvgIpc) is 2.98. The first-order valence-electron chi connectivity index (χ1n) is 8.05. The van der Waals surface area contributed by atoms with Crippen molar-refractivity contribution in [1.29, 1.82) is 0 Å². The van der Waals surface area contributed by atoms with Gasteiger partial charge in [-0.05, 0) is 67.1 Å². The number of amides is 1. The number of hydrogen-bond acceptors (Lipinski definition) is 4. The Morgan fingerprint density at radius 1 is 1.39 bits per heavy atom. The van der Waals surface area contributed by atoms with Crippen LogP contribution in [0.3, 0.4) is 0 Å². The van der Waals surface area contributed by atoms with Crippen LogP contribution in [-0.2, 0) is 17.8 Å². The molecular formula is C18H23N3OS. The number of benzene rings is 1. The molecule has 23 heavy (non-hydrogen) atoms. The van der Waals surface area contributed by atoms with E-state index in [4.69, 9.17) is 5.73 Å². The van der Waals surface area contributed by atoms with Crippen LogP contribution in [0.15, 0.2) is 29.6 Å². The summed E-state index contributed by atoms with van der Waals surface area (Å²) in [6, 6.07) is 7.78. The van der Waals surface area contributed by atoms with E-state index in [2.05, 4.69) is 21.7 Å². The summed E-state index contributed by atoms with van der Waals surface area (Å²) in [5.41, 5.74) is 9.76. The lowest BCUT2D eigenvalue weighted by molar-refractivity contribution is -0.116. The molecule has 0 saturated heterocycles. The van der Waals surface area contributed by atoms with Crippen LogP contribution >= 0.6 is 11.3 Å². The molecule has 4 nitrogen and oxygen atoms in total.